The lowest BCUT2D eigenvalue weighted by Gasteiger charge is -2.21. The fourth-order valence-electron chi connectivity index (χ4n) is 4.33. The molecular weight excluding hydrogens is 576 g/mol. The maximum Gasteiger partial charge on any atom is 0.408 e. The first-order valence-corrected chi connectivity index (χ1v) is 14.4. The van der Waals surface area contributed by atoms with Crippen LogP contribution in [-0.4, -0.2) is 48.9 Å². The number of alkyl carbamates (subject to hydrolysis) is 1. The first-order chi connectivity index (χ1) is 21.9. The Morgan fingerprint density at radius 1 is 0.644 bits per heavy atom. The topological polar surface area (TPSA) is 132 Å². The van der Waals surface area contributed by atoms with Gasteiger partial charge in [0.25, 0.3) is 0 Å². The molecule has 0 aromatic heterocycles. The third-order valence-electron chi connectivity index (χ3n) is 6.73. The molecule has 0 radical (unpaired) electrons. The lowest BCUT2D eigenvalue weighted by Crippen LogP contribution is -2.54. The smallest absolute Gasteiger partial charge is 0.408 e. The van der Waals surface area contributed by atoms with Crippen LogP contribution in [0.4, 0.5) is 4.79 Å². The van der Waals surface area contributed by atoms with E-state index in [-0.39, 0.29) is 19.6 Å². The van der Waals surface area contributed by atoms with Crippen LogP contribution in [0, 0.1) is 0 Å². The van der Waals surface area contributed by atoms with Crippen LogP contribution in [0.25, 0.3) is 0 Å². The van der Waals surface area contributed by atoms with E-state index in [0.717, 1.165) is 16.7 Å². The van der Waals surface area contributed by atoms with Crippen molar-refractivity contribution in [3.8, 4) is 11.5 Å². The van der Waals surface area contributed by atoms with Gasteiger partial charge in [0.05, 0.1) is 13.7 Å². The molecule has 0 aliphatic heterocycles. The molecule has 10 nitrogen and oxygen atoms in total. The second kappa shape index (κ2) is 17.1. The first-order valence-electron chi connectivity index (χ1n) is 14.4. The molecule has 4 rings (SSSR count). The van der Waals surface area contributed by atoms with E-state index in [1.165, 1.54) is 7.11 Å². The number of ether oxygens (including phenoxy) is 4. The van der Waals surface area contributed by atoms with Crippen LogP contribution in [0.2, 0.25) is 0 Å². The quantitative estimate of drug-likeness (QED) is 0.169. The molecule has 0 fully saturated rings. The van der Waals surface area contributed by atoms with Gasteiger partial charge in [-0.2, -0.15) is 0 Å². The minimum absolute atomic E-state index is 0.0169. The molecule has 3 N–H and O–H groups in total. The summed E-state index contributed by atoms with van der Waals surface area (Å²) in [5.41, 5.74) is 3.35. The maximum atomic E-state index is 13.0. The normalized spacial score (nSPS) is 11.9. The number of hydrogen-bond donors (Lipinski definition) is 3. The highest BCUT2D eigenvalue weighted by atomic mass is 16.5. The number of carbonyl (C=O) groups excluding carboxylic acids is 3. The van der Waals surface area contributed by atoms with Crippen molar-refractivity contribution in [3.05, 3.63) is 131 Å². The zero-order valence-electron chi connectivity index (χ0n) is 24.9. The van der Waals surface area contributed by atoms with Crippen molar-refractivity contribution < 1.29 is 38.4 Å². The van der Waals surface area contributed by atoms with Gasteiger partial charge in [0, 0.05) is 6.42 Å². The number of aliphatic hydroxyl groups excluding tert-OH is 1. The zero-order valence-corrected chi connectivity index (χ0v) is 24.9. The number of esters is 1. The van der Waals surface area contributed by atoms with E-state index in [4.69, 9.17) is 18.9 Å². The summed E-state index contributed by atoms with van der Waals surface area (Å²) in [7, 11) is 1.21. The molecule has 45 heavy (non-hydrogen) atoms. The van der Waals surface area contributed by atoms with Gasteiger partial charge in [0.15, 0.2) is 11.5 Å². The summed E-state index contributed by atoms with van der Waals surface area (Å²) < 4.78 is 22.3. The van der Waals surface area contributed by atoms with Crippen molar-refractivity contribution in [3.63, 3.8) is 0 Å². The van der Waals surface area contributed by atoms with Crippen LogP contribution in [-0.2, 0) is 45.3 Å². The minimum Gasteiger partial charge on any atom is -0.485 e. The molecule has 0 aliphatic rings. The largest absolute Gasteiger partial charge is 0.485 e. The molecule has 2 atom stereocenters. The van der Waals surface area contributed by atoms with E-state index in [1.54, 1.807) is 42.5 Å². The van der Waals surface area contributed by atoms with Gasteiger partial charge >= 0.3 is 12.1 Å². The molecule has 2 amide bonds. The molecule has 0 aliphatic carbocycles. The molecule has 0 saturated heterocycles. The van der Waals surface area contributed by atoms with Crippen LogP contribution >= 0.6 is 0 Å². The van der Waals surface area contributed by atoms with Crippen LogP contribution in [0.15, 0.2) is 109 Å². The molecule has 0 bridgehead atoms. The second-order valence-electron chi connectivity index (χ2n) is 10.1. The Bertz CT molecular complexity index is 1520. The fourth-order valence-corrected chi connectivity index (χ4v) is 4.33. The summed E-state index contributed by atoms with van der Waals surface area (Å²) in [4.78, 5) is 38.0. The summed E-state index contributed by atoms with van der Waals surface area (Å²) in [6, 6.07) is 31.1. The summed E-state index contributed by atoms with van der Waals surface area (Å²) in [5, 5.41) is 14.7. The van der Waals surface area contributed by atoms with Gasteiger partial charge in [0.2, 0.25) is 5.91 Å². The molecule has 0 saturated carbocycles. The SMILES string of the molecule is COC(=O)[C@H](Cc1ccc(OCc2ccccc2)c(OCc2ccccc2)c1)NC(=O)[C@H](CO)NC(=O)OCc1ccccc1. The van der Waals surface area contributed by atoms with E-state index >= 15 is 0 Å². The summed E-state index contributed by atoms with van der Waals surface area (Å²) >= 11 is 0. The Hall–Kier alpha value is -5.35. The number of nitrogens with one attached hydrogen (secondary N) is 2. The number of rotatable bonds is 15. The third-order valence-corrected chi connectivity index (χ3v) is 6.73. The van der Waals surface area contributed by atoms with E-state index in [2.05, 4.69) is 10.6 Å². The van der Waals surface area contributed by atoms with E-state index in [0.29, 0.717) is 23.7 Å². The molecule has 4 aromatic rings. The van der Waals surface area contributed by atoms with E-state index in [9.17, 15) is 19.5 Å². The first kappa shape index (κ1) is 32.6. The Kier molecular flexibility index (Phi) is 12.4. The second-order valence-corrected chi connectivity index (χ2v) is 10.1. The number of benzene rings is 4. The summed E-state index contributed by atoms with van der Waals surface area (Å²) in [6.07, 6.45) is -0.857. The monoisotopic (exact) mass is 612 g/mol. The predicted octanol–water partition coefficient (Wildman–Crippen LogP) is 4.33. The Morgan fingerprint density at radius 3 is 1.71 bits per heavy atom. The van der Waals surface area contributed by atoms with Gasteiger partial charge in [-0.3, -0.25) is 4.79 Å². The van der Waals surface area contributed by atoms with Gasteiger partial charge in [-0.05, 0) is 34.4 Å². The van der Waals surface area contributed by atoms with Crippen molar-refractivity contribution in [2.75, 3.05) is 13.7 Å². The maximum absolute atomic E-state index is 13.0. The summed E-state index contributed by atoms with van der Waals surface area (Å²) in [5.74, 6) is -0.523. The number of aliphatic hydroxyl groups is 1. The van der Waals surface area contributed by atoms with Gasteiger partial charge in [0.1, 0.15) is 31.9 Å². The molecule has 0 heterocycles. The van der Waals surface area contributed by atoms with E-state index in [1.807, 2.05) is 66.7 Å². The summed E-state index contributed by atoms with van der Waals surface area (Å²) in [6.45, 7) is -0.124. The lowest BCUT2D eigenvalue weighted by atomic mass is 10.0. The molecule has 0 spiro atoms. The predicted molar refractivity (Wildman–Crippen MR) is 166 cm³/mol. The van der Waals surface area contributed by atoms with Gasteiger partial charge in [-0.15, -0.1) is 0 Å². The van der Waals surface area contributed by atoms with Crippen LogP contribution < -0.4 is 20.1 Å². The lowest BCUT2D eigenvalue weighted by molar-refractivity contribution is -0.145. The fraction of sp³-hybridized carbons (Fsp3) is 0.229. The Morgan fingerprint density at radius 2 is 1.18 bits per heavy atom. The number of hydrogen-bond acceptors (Lipinski definition) is 8. The Balaban J connectivity index is 1.44. The minimum atomic E-state index is -1.36. The van der Waals surface area contributed by atoms with Gasteiger partial charge in [-0.1, -0.05) is 97.1 Å². The van der Waals surface area contributed by atoms with Crippen LogP contribution in [0.5, 0.6) is 11.5 Å². The number of methoxy groups -OCH3 is 1. The van der Waals surface area contributed by atoms with Crippen molar-refractivity contribution in [1.29, 1.82) is 0 Å². The molecule has 0 unspecified atom stereocenters. The van der Waals surface area contributed by atoms with Gasteiger partial charge < -0.3 is 34.7 Å². The van der Waals surface area contributed by atoms with Crippen LogP contribution in [0.3, 0.4) is 0 Å². The molecule has 234 valence electrons. The molecule has 10 heteroatoms. The Labute approximate surface area is 261 Å². The highest BCUT2D eigenvalue weighted by Crippen LogP contribution is 2.31. The van der Waals surface area contributed by atoms with Crippen molar-refractivity contribution in [2.45, 2.75) is 38.3 Å². The average Bonchev–Trinajstić information content (AvgIpc) is 3.09. The number of amides is 2. The zero-order chi connectivity index (χ0) is 31.9. The highest BCUT2D eigenvalue weighted by Gasteiger charge is 2.28. The standard InChI is InChI=1S/C35H36N2O8/c1-42-34(40)29(36-33(39)30(21-38)37-35(41)45-24-27-15-9-4-10-16-27)19-28-17-18-31(43-22-25-11-5-2-6-12-25)32(20-28)44-23-26-13-7-3-8-14-26/h2-18,20,29-30,38H,19,21-24H2,1H3,(H,36,39)(H,37,41)/t29-,30-/m0/s1. The van der Waals surface area contributed by atoms with E-state index < -0.39 is 36.7 Å². The third kappa shape index (κ3) is 10.4. The van der Waals surface area contributed by atoms with Crippen molar-refractivity contribution in [2.24, 2.45) is 0 Å². The molecule has 4 aromatic carbocycles. The highest BCUT2D eigenvalue weighted by molar-refractivity contribution is 5.89. The molecular formula is C35H36N2O8. The number of carbonyl (C=O) groups is 3. The van der Waals surface area contributed by atoms with Gasteiger partial charge in [-0.25, -0.2) is 9.59 Å². The van der Waals surface area contributed by atoms with Crippen molar-refractivity contribution >= 4 is 18.0 Å². The average molecular weight is 613 g/mol. The van der Waals surface area contributed by atoms with Crippen LogP contribution in [0.1, 0.15) is 22.3 Å². The van der Waals surface area contributed by atoms with Crippen molar-refractivity contribution in [1.82, 2.24) is 10.6 Å².